The van der Waals surface area contributed by atoms with Crippen LogP contribution in [0.5, 0.6) is 0 Å². The van der Waals surface area contributed by atoms with Gasteiger partial charge in [-0.15, -0.1) is 0 Å². The average Bonchev–Trinajstić information content (AvgIpc) is 3.16. The van der Waals surface area contributed by atoms with Crippen molar-refractivity contribution >= 4 is 5.91 Å². The van der Waals surface area contributed by atoms with Crippen molar-refractivity contribution in [1.29, 1.82) is 0 Å². The van der Waals surface area contributed by atoms with E-state index < -0.39 is 0 Å². The highest BCUT2D eigenvalue weighted by molar-refractivity contribution is 5.80. The second kappa shape index (κ2) is 7.62. The summed E-state index contributed by atoms with van der Waals surface area (Å²) in [5.74, 6) is 0.943. The Morgan fingerprint density at radius 1 is 1.35 bits per heavy atom. The van der Waals surface area contributed by atoms with Crippen LogP contribution in [0, 0.1) is 11.8 Å². The Kier molecular flexibility index (Phi) is 5.25. The first-order valence-corrected chi connectivity index (χ1v) is 9.71. The molecule has 0 bridgehead atoms. The molecular weight excluding hydrogens is 330 g/mol. The Morgan fingerprint density at radius 2 is 2.15 bits per heavy atom. The number of pyridine rings is 1. The van der Waals surface area contributed by atoms with Crippen LogP contribution in [0.1, 0.15) is 24.8 Å². The molecule has 0 saturated carbocycles. The fourth-order valence-electron chi connectivity index (χ4n) is 4.55. The van der Waals surface area contributed by atoms with Gasteiger partial charge in [-0.3, -0.25) is 14.7 Å². The molecule has 1 aromatic rings. The van der Waals surface area contributed by atoms with Crippen molar-refractivity contribution in [1.82, 2.24) is 14.8 Å². The molecule has 0 radical (unpaired) electrons. The lowest BCUT2D eigenvalue weighted by atomic mass is 9.75. The third-order valence-electron chi connectivity index (χ3n) is 6.28. The molecule has 4 heterocycles. The summed E-state index contributed by atoms with van der Waals surface area (Å²) in [5.41, 5.74) is 1.32. The van der Waals surface area contributed by atoms with E-state index in [0.717, 1.165) is 45.7 Å². The Morgan fingerprint density at radius 3 is 2.88 bits per heavy atom. The first kappa shape index (κ1) is 17.9. The smallest absolute Gasteiger partial charge is 0.228 e. The van der Waals surface area contributed by atoms with Gasteiger partial charge in [0.05, 0.1) is 24.7 Å². The molecule has 6 heteroatoms. The largest absolute Gasteiger partial charge is 0.381 e. The number of nitrogens with zero attached hydrogens (tertiary/aromatic N) is 3. The van der Waals surface area contributed by atoms with Gasteiger partial charge < -0.3 is 14.4 Å². The summed E-state index contributed by atoms with van der Waals surface area (Å²) in [6.07, 6.45) is 6.77. The minimum atomic E-state index is 0.0840. The van der Waals surface area contributed by atoms with Crippen LogP contribution in [0.2, 0.25) is 0 Å². The number of ether oxygens (including phenoxy) is 2. The summed E-state index contributed by atoms with van der Waals surface area (Å²) >= 11 is 0. The number of hydrogen-bond acceptors (Lipinski definition) is 5. The van der Waals surface area contributed by atoms with E-state index in [1.165, 1.54) is 12.0 Å². The van der Waals surface area contributed by atoms with Gasteiger partial charge in [0.15, 0.2) is 0 Å². The molecule has 4 rings (SSSR count). The van der Waals surface area contributed by atoms with Crippen LogP contribution < -0.4 is 0 Å². The van der Waals surface area contributed by atoms with E-state index in [9.17, 15) is 4.79 Å². The van der Waals surface area contributed by atoms with Crippen molar-refractivity contribution in [2.24, 2.45) is 11.8 Å². The fourth-order valence-corrected chi connectivity index (χ4v) is 4.55. The predicted molar refractivity (Wildman–Crippen MR) is 97.5 cm³/mol. The maximum absolute atomic E-state index is 12.6. The van der Waals surface area contributed by atoms with Crippen LogP contribution in [0.25, 0.3) is 0 Å². The van der Waals surface area contributed by atoms with Gasteiger partial charge in [0.1, 0.15) is 0 Å². The summed E-state index contributed by atoms with van der Waals surface area (Å²) in [6, 6.07) is 4.00. The van der Waals surface area contributed by atoms with E-state index >= 15 is 0 Å². The highest BCUT2D eigenvalue weighted by Crippen LogP contribution is 2.39. The molecule has 3 aliphatic rings. The number of piperidine rings is 1. The molecule has 1 spiro atoms. The lowest BCUT2D eigenvalue weighted by Crippen LogP contribution is -2.73. The van der Waals surface area contributed by atoms with Crippen molar-refractivity contribution in [2.45, 2.75) is 31.4 Å². The molecule has 142 valence electrons. The molecule has 2 atom stereocenters. The van der Waals surface area contributed by atoms with Crippen molar-refractivity contribution in [3.63, 3.8) is 0 Å². The van der Waals surface area contributed by atoms with E-state index in [0.29, 0.717) is 19.1 Å². The fraction of sp³-hybridized carbons (Fsp3) is 0.700. The van der Waals surface area contributed by atoms with E-state index in [2.05, 4.69) is 16.9 Å². The standard InChI is InChI=1S/C20H29N3O3/c1-22-8-4-17(12-26-11-16-2-6-21-7-3-16)10-20(22)14-23(15-20)19(24)18-5-9-25-13-18/h2-3,6-7,17-18H,4-5,8-15H2,1H3/t17-,18+/m0/s1. The molecule has 1 amide bonds. The van der Waals surface area contributed by atoms with Gasteiger partial charge in [-0.1, -0.05) is 0 Å². The zero-order valence-corrected chi connectivity index (χ0v) is 15.6. The second-order valence-corrected chi connectivity index (χ2v) is 8.13. The van der Waals surface area contributed by atoms with E-state index in [4.69, 9.17) is 9.47 Å². The monoisotopic (exact) mass is 359 g/mol. The SMILES string of the molecule is CN1CC[C@H](COCc2ccncc2)CC12CN(C(=O)[C@@H]1CCOC1)C2. The highest BCUT2D eigenvalue weighted by atomic mass is 16.5. The van der Waals surface area contributed by atoms with Gasteiger partial charge in [-0.25, -0.2) is 0 Å². The van der Waals surface area contributed by atoms with Crippen LogP contribution in [0.4, 0.5) is 0 Å². The van der Waals surface area contributed by atoms with E-state index in [1.54, 1.807) is 12.4 Å². The summed E-state index contributed by atoms with van der Waals surface area (Å²) in [6.45, 7) is 5.57. The number of rotatable bonds is 5. The van der Waals surface area contributed by atoms with Crippen molar-refractivity contribution in [3.8, 4) is 0 Å². The van der Waals surface area contributed by atoms with E-state index in [-0.39, 0.29) is 17.4 Å². The number of likely N-dealkylation sites (tertiary alicyclic amines) is 2. The molecule has 3 saturated heterocycles. The maximum atomic E-state index is 12.6. The van der Waals surface area contributed by atoms with Crippen molar-refractivity contribution in [3.05, 3.63) is 30.1 Å². The molecule has 0 aromatic carbocycles. The Balaban J connectivity index is 1.26. The topological polar surface area (TPSA) is 54.9 Å². The van der Waals surface area contributed by atoms with Crippen LogP contribution in [-0.4, -0.2) is 72.7 Å². The zero-order chi connectivity index (χ0) is 18.0. The zero-order valence-electron chi connectivity index (χ0n) is 15.6. The molecular formula is C20H29N3O3. The van der Waals surface area contributed by atoms with Gasteiger partial charge in [0.25, 0.3) is 0 Å². The van der Waals surface area contributed by atoms with Crippen LogP contribution in [0.15, 0.2) is 24.5 Å². The summed E-state index contributed by atoms with van der Waals surface area (Å²) in [4.78, 5) is 21.1. The molecule has 0 aliphatic carbocycles. The normalized spacial score (nSPS) is 28.3. The third kappa shape index (κ3) is 3.63. The first-order valence-electron chi connectivity index (χ1n) is 9.71. The molecule has 26 heavy (non-hydrogen) atoms. The first-order chi connectivity index (χ1) is 12.7. The number of likely N-dealkylation sites (N-methyl/N-ethyl adjacent to an activating group) is 1. The highest BCUT2D eigenvalue weighted by Gasteiger charge is 2.51. The molecule has 3 fully saturated rings. The Labute approximate surface area is 155 Å². The quantitative estimate of drug-likeness (QED) is 0.799. The van der Waals surface area contributed by atoms with Gasteiger partial charge >= 0.3 is 0 Å². The predicted octanol–water partition coefficient (Wildman–Crippen LogP) is 1.56. The number of carbonyl (C=O) groups excluding carboxylic acids is 1. The second-order valence-electron chi connectivity index (χ2n) is 8.13. The van der Waals surface area contributed by atoms with E-state index in [1.807, 2.05) is 17.0 Å². The molecule has 0 N–H and O–H groups in total. The van der Waals surface area contributed by atoms with Crippen LogP contribution in [-0.2, 0) is 20.9 Å². The van der Waals surface area contributed by atoms with Crippen molar-refractivity contribution in [2.75, 3.05) is 46.5 Å². The van der Waals surface area contributed by atoms with Crippen molar-refractivity contribution < 1.29 is 14.3 Å². The maximum Gasteiger partial charge on any atom is 0.228 e. The summed E-state index contributed by atoms with van der Waals surface area (Å²) < 4.78 is 11.3. The Bertz CT molecular complexity index is 612. The van der Waals surface area contributed by atoms with Crippen LogP contribution >= 0.6 is 0 Å². The summed E-state index contributed by atoms with van der Waals surface area (Å²) in [7, 11) is 2.20. The minimum Gasteiger partial charge on any atom is -0.381 e. The Hall–Kier alpha value is -1.50. The molecule has 1 aromatic heterocycles. The lowest BCUT2D eigenvalue weighted by molar-refractivity contribution is -0.155. The van der Waals surface area contributed by atoms with Gasteiger partial charge in [0, 0.05) is 38.7 Å². The minimum absolute atomic E-state index is 0.0840. The average molecular weight is 359 g/mol. The number of amides is 1. The number of hydrogen-bond donors (Lipinski definition) is 0. The molecule has 6 nitrogen and oxygen atoms in total. The number of aromatic nitrogens is 1. The lowest BCUT2D eigenvalue weighted by Gasteiger charge is -2.59. The molecule has 0 unspecified atom stereocenters. The van der Waals surface area contributed by atoms with Crippen LogP contribution in [0.3, 0.4) is 0 Å². The molecule has 3 aliphatic heterocycles. The van der Waals surface area contributed by atoms with Gasteiger partial charge in [-0.2, -0.15) is 0 Å². The third-order valence-corrected chi connectivity index (χ3v) is 6.28. The van der Waals surface area contributed by atoms with Gasteiger partial charge in [0.2, 0.25) is 5.91 Å². The van der Waals surface area contributed by atoms with Gasteiger partial charge in [-0.05, 0) is 56.5 Å². The number of carbonyl (C=O) groups is 1. The summed E-state index contributed by atoms with van der Waals surface area (Å²) in [5, 5.41) is 0.